The van der Waals surface area contributed by atoms with Crippen LogP contribution in [0.4, 0.5) is 13.2 Å². The molecule has 1 fully saturated rings. The molecule has 2 aromatic carbocycles. The van der Waals surface area contributed by atoms with Crippen LogP contribution < -0.4 is 11.1 Å². The normalized spacial score (nSPS) is 16.3. The second kappa shape index (κ2) is 10.3. The highest BCUT2D eigenvalue weighted by molar-refractivity contribution is 7.89. The summed E-state index contributed by atoms with van der Waals surface area (Å²) < 4.78 is 66.1. The zero-order chi connectivity index (χ0) is 24.2. The molecule has 2 aromatic rings. The highest BCUT2D eigenvalue weighted by Crippen LogP contribution is 2.25. The molecule has 178 valence electrons. The molecule has 0 saturated carbocycles. The minimum atomic E-state index is -4.02. The van der Waals surface area contributed by atoms with E-state index in [0.29, 0.717) is 11.6 Å². The van der Waals surface area contributed by atoms with E-state index in [1.807, 2.05) is 0 Å². The van der Waals surface area contributed by atoms with E-state index in [-0.39, 0.29) is 49.7 Å². The Morgan fingerprint density at radius 1 is 1.03 bits per heavy atom. The Hall–Kier alpha value is -2.92. The summed E-state index contributed by atoms with van der Waals surface area (Å²) in [5.41, 5.74) is 6.13. The molecule has 1 aliphatic heterocycles. The first-order valence-electron chi connectivity index (χ1n) is 10.3. The lowest BCUT2D eigenvalue weighted by Crippen LogP contribution is -2.45. The number of hydrogen-bond acceptors (Lipinski definition) is 4. The van der Waals surface area contributed by atoms with Crippen LogP contribution in [-0.4, -0.2) is 44.2 Å². The minimum absolute atomic E-state index is 0.00108. The number of halogens is 3. The van der Waals surface area contributed by atoms with Crippen LogP contribution in [-0.2, 0) is 26.0 Å². The number of benzene rings is 2. The van der Waals surface area contributed by atoms with Gasteiger partial charge >= 0.3 is 0 Å². The van der Waals surface area contributed by atoms with E-state index >= 15 is 0 Å². The highest BCUT2D eigenvalue weighted by Gasteiger charge is 2.33. The van der Waals surface area contributed by atoms with Gasteiger partial charge in [-0.2, -0.15) is 4.31 Å². The number of hydrogen-bond donors (Lipinski definition) is 2. The lowest BCUT2D eigenvalue weighted by atomic mass is 9.95. The van der Waals surface area contributed by atoms with Gasteiger partial charge in [0.25, 0.3) is 0 Å². The molecule has 0 aliphatic carbocycles. The summed E-state index contributed by atoms with van der Waals surface area (Å²) in [7, 11) is -4.02. The second-order valence-corrected chi connectivity index (χ2v) is 9.87. The van der Waals surface area contributed by atoms with Crippen molar-refractivity contribution in [2.24, 2.45) is 17.6 Å². The smallest absolute Gasteiger partial charge is 0.243 e. The van der Waals surface area contributed by atoms with Gasteiger partial charge < -0.3 is 11.1 Å². The second-order valence-electron chi connectivity index (χ2n) is 7.93. The standard InChI is InChI=1S/C22H24F3N3O4S/c23-17-3-1-14(2-4-17)11-16(21(26)29)13-27-22(30)15-7-9-28(10-8-15)33(31,32)18-5-6-19(24)20(25)12-18/h1-6,12,15-16H,7-11,13H2,(H2,26,29)(H,27,30). The van der Waals surface area contributed by atoms with E-state index in [1.54, 1.807) is 0 Å². The van der Waals surface area contributed by atoms with Gasteiger partial charge in [-0.15, -0.1) is 0 Å². The summed E-state index contributed by atoms with van der Waals surface area (Å²) in [4.78, 5) is 24.0. The van der Waals surface area contributed by atoms with Gasteiger partial charge in [0.15, 0.2) is 11.6 Å². The minimum Gasteiger partial charge on any atom is -0.369 e. The maximum atomic E-state index is 13.4. The number of nitrogens with two attached hydrogens (primary N) is 1. The topological polar surface area (TPSA) is 110 Å². The predicted octanol–water partition coefficient (Wildman–Crippen LogP) is 1.96. The molecule has 0 aromatic heterocycles. The van der Waals surface area contributed by atoms with Crippen LogP contribution in [0.25, 0.3) is 0 Å². The number of piperidine rings is 1. The Bertz CT molecular complexity index is 1120. The third kappa shape index (κ3) is 6.11. The number of nitrogens with zero attached hydrogens (tertiary/aromatic N) is 1. The Labute approximate surface area is 189 Å². The van der Waals surface area contributed by atoms with E-state index in [9.17, 15) is 31.2 Å². The third-order valence-electron chi connectivity index (χ3n) is 5.67. The molecule has 1 heterocycles. The van der Waals surface area contributed by atoms with Crippen molar-refractivity contribution in [2.75, 3.05) is 19.6 Å². The number of sulfonamides is 1. The van der Waals surface area contributed by atoms with Crippen LogP contribution in [0.5, 0.6) is 0 Å². The maximum absolute atomic E-state index is 13.4. The van der Waals surface area contributed by atoms with Gasteiger partial charge in [0.2, 0.25) is 21.8 Å². The molecule has 1 atom stereocenters. The van der Waals surface area contributed by atoms with E-state index < -0.39 is 45.2 Å². The molecule has 0 spiro atoms. The zero-order valence-corrected chi connectivity index (χ0v) is 18.5. The van der Waals surface area contributed by atoms with Crippen LogP contribution in [0.3, 0.4) is 0 Å². The van der Waals surface area contributed by atoms with Crippen LogP contribution in [0.15, 0.2) is 47.4 Å². The van der Waals surface area contributed by atoms with Gasteiger partial charge in [0, 0.05) is 25.6 Å². The average molecular weight is 484 g/mol. The fourth-order valence-corrected chi connectivity index (χ4v) is 5.17. The van der Waals surface area contributed by atoms with Crippen LogP contribution in [0.2, 0.25) is 0 Å². The van der Waals surface area contributed by atoms with Crippen LogP contribution >= 0.6 is 0 Å². The van der Waals surface area contributed by atoms with Crippen LogP contribution in [0.1, 0.15) is 18.4 Å². The summed E-state index contributed by atoms with van der Waals surface area (Å²) in [5, 5.41) is 2.69. The van der Waals surface area contributed by atoms with Gasteiger partial charge in [0.1, 0.15) is 5.82 Å². The third-order valence-corrected chi connectivity index (χ3v) is 7.57. The molecular weight excluding hydrogens is 459 g/mol. The number of carbonyl (C=O) groups excluding carboxylic acids is 2. The van der Waals surface area contributed by atoms with Crippen molar-refractivity contribution in [1.82, 2.24) is 9.62 Å². The molecule has 1 aliphatic rings. The fraction of sp³-hybridized carbons (Fsp3) is 0.364. The highest BCUT2D eigenvalue weighted by atomic mass is 32.2. The molecule has 2 amide bonds. The molecule has 11 heteroatoms. The molecule has 33 heavy (non-hydrogen) atoms. The number of rotatable bonds is 8. The number of amides is 2. The molecule has 1 unspecified atom stereocenters. The first-order chi connectivity index (χ1) is 15.6. The predicted molar refractivity (Wildman–Crippen MR) is 114 cm³/mol. The fourth-order valence-electron chi connectivity index (χ4n) is 3.69. The summed E-state index contributed by atoms with van der Waals surface area (Å²) in [5.74, 6) is -4.89. The van der Waals surface area contributed by atoms with E-state index in [2.05, 4.69) is 5.32 Å². The maximum Gasteiger partial charge on any atom is 0.243 e. The van der Waals surface area contributed by atoms with E-state index in [4.69, 9.17) is 5.73 Å². The number of carbonyl (C=O) groups is 2. The molecule has 0 bridgehead atoms. The van der Waals surface area contributed by atoms with Crippen LogP contribution in [0, 0.1) is 29.3 Å². The summed E-state index contributed by atoms with van der Waals surface area (Å²) in [6.07, 6.45) is 0.697. The van der Waals surface area contributed by atoms with Crippen molar-refractivity contribution in [2.45, 2.75) is 24.2 Å². The van der Waals surface area contributed by atoms with Crippen molar-refractivity contribution < 1.29 is 31.2 Å². The zero-order valence-electron chi connectivity index (χ0n) is 17.6. The number of nitrogens with one attached hydrogen (secondary N) is 1. The van der Waals surface area contributed by atoms with Gasteiger partial charge in [-0.25, -0.2) is 21.6 Å². The van der Waals surface area contributed by atoms with Gasteiger partial charge in [-0.3, -0.25) is 9.59 Å². The molecule has 3 rings (SSSR count). The van der Waals surface area contributed by atoms with Crippen molar-refractivity contribution in [3.8, 4) is 0 Å². The van der Waals surface area contributed by atoms with Gasteiger partial charge in [-0.1, -0.05) is 12.1 Å². The molecular formula is C22H24F3N3O4S. The summed E-state index contributed by atoms with van der Waals surface area (Å²) >= 11 is 0. The van der Waals surface area contributed by atoms with Crippen molar-refractivity contribution in [1.29, 1.82) is 0 Å². The monoisotopic (exact) mass is 483 g/mol. The molecule has 3 N–H and O–H groups in total. The quantitative estimate of drug-likeness (QED) is 0.598. The summed E-state index contributed by atoms with van der Waals surface area (Å²) in [6.45, 7) is 0.0708. The largest absolute Gasteiger partial charge is 0.369 e. The SMILES string of the molecule is NC(=O)C(CNC(=O)C1CCN(S(=O)(=O)c2ccc(F)c(F)c2)CC1)Cc1ccc(F)cc1. The van der Waals surface area contributed by atoms with Crippen molar-refractivity contribution >= 4 is 21.8 Å². The molecule has 0 radical (unpaired) electrons. The number of primary amides is 1. The molecule has 7 nitrogen and oxygen atoms in total. The Balaban J connectivity index is 1.54. The summed E-state index contributed by atoms with van der Waals surface area (Å²) in [6, 6.07) is 8.00. The van der Waals surface area contributed by atoms with E-state index in [0.717, 1.165) is 16.4 Å². The van der Waals surface area contributed by atoms with E-state index in [1.165, 1.54) is 24.3 Å². The Morgan fingerprint density at radius 3 is 2.24 bits per heavy atom. The Kier molecular flexibility index (Phi) is 7.75. The first kappa shape index (κ1) is 24.7. The average Bonchev–Trinajstić information content (AvgIpc) is 2.79. The Morgan fingerprint density at radius 2 is 1.67 bits per heavy atom. The van der Waals surface area contributed by atoms with Gasteiger partial charge in [0.05, 0.1) is 10.8 Å². The van der Waals surface area contributed by atoms with Gasteiger partial charge in [-0.05, 0) is 55.2 Å². The van der Waals surface area contributed by atoms with Crippen molar-refractivity contribution in [3.63, 3.8) is 0 Å². The molecule has 1 saturated heterocycles. The lowest BCUT2D eigenvalue weighted by Gasteiger charge is -2.30. The lowest BCUT2D eigenvalue weighted by molar-refractivity contribution is -0.127. The first-order valence-corrected chi connectivity index (χ1v) is 11.8. The van der Waals surface area contributed by atoms with Crippen molar-refractivity contribution in [3.05, 3.63) is 65.5 Å².